The van der Waals surface area contributed by atoms with Gasteiger partial charge in [0, 0.05) is 0 Å². The molecule has 0 amide bonds. The number of esters is 1. The molecule has 0 saturated carbocycles. The van der Waals surface area contributed by atoms with E-state index in [9.17, 15) is 9.59 Å². The van der Waals surface area contributed by atoms with Gasteiger partial charge in [-0.1, -0.05) is 6.07 Å². The molecule has 0 bridgehead atoms. The number of hydrogen-bond acceptors (Lipinski definition) is 3. The standard InChI is InChI=1S/C12H14O3/c1-12(2,3)15-11(14)9-5-4-6-10(13)8-7-9/h4-8H,1-3H3. The van der Waals surface area contributed by atoms with Gasteiger partial charge in [-0.25, -0.2) is 4.79 Å². The molecule has 15 heavy (non-hydrogen) atoms. The number of hydrogen-bond donors (Lipinski definition) is 0. The quantitative estimate of drug-likeness (QED) is 0.660. The molecule has 80 valence electrons. The second kappa shape index (κ2) is 4.26. The lowest BCUT2D eigenvalue weighted by Gasteiger charge is -2.19. The lowest BCUT2D eigenvalue weighted by molar-refractivity contribution is 0.00697. The van der Waals surface area contributed by atoms with E-state index >= 15 is 0 Å². The summed E-state index contributed by atoms with van der Waals surface area (Å²) in [4.78, 5) is 22.6. The summed E-state index contributed by atoms with van der Waals surface area (Å²) in [5.74, 6) is -0.418. The van der Waals surface area contributed by atoms with Crippen molar-refractivity contribution in [2.75, 3.05) is 0 Å². The van der Waals surface area contributed by atoms with Crippen LogP contribution in [-0.2, 0) is 4.74 Å². The number of carbonyl (C=O) groups is 1. The van der Waals surface area contributed by atoms with Crippen molar-refractivity contribution in [1.29, 1.82) is 0 Å². The molecule has 3 heteroatoms. The average molecular weight is 206 g/mol. The summed E-state index contributed by atoms with van der Waals surface area (Å²) in [6, 6.07) is 7.32. The van der Waals surface area contributed by atoms with Crippen molar-refractivity contribution in [2.24, 2.45) is 0 Å². The number of ether oxygens (including phenoxy) is 1. The van der Waals surface area contributed by atoms with Crippen LogP contribution in [0.15, 0.2) is 35.1 Å². The zero-order valence-electron chi connectivity index (χ0n) is 9.11. The molecule has 0 aliphatic rings. The minimum absolute atomic E-state index is 0.134. The van der Waals surface area contributed by atoms with Crippen LogP contribution in [0, 0.1) is 0 Å². The summed E-state index contributed by atoms with van der Waals surface area (Å²) in [7, 11) is 0. The van der Waals surface area contributed by atoms with E-state index in [4.69, 9.17) is 4.74 Å². The predicted octanol–water partition coefficient (Wildman–Crippen LogP) is 2.00. The van der Waals surface area contributed by atoms with Crippen molar-refractivity contribution in [1.82, 2.24) is 0 Å². The number of carbonyl (C=O) groups excluding carboxylic acids is 1. The fourth-order valence-corrected chi connectivity index (χ4v) is 1.00. The SMILES string of the molecule is CC(C)(C)OC(=O)c1cccc(=O)cc1. The molecule has 0 aliphatic carbocycles. The molecular formula is C12H14O3. The van der Waals surface area contributed by atoms with Gasteiger partial charge in [-0.3, -0.25) is 4.79 Å². The highest BCUT2D eigenvalue weighted by molar-refractivity contribution is 5.89. The molecule has 1 aromatic carbocycles. The van der Waals surface area contributed by atoms with Crippen molar-refractivity contribution in [2.45, 2.75) is 26.4 Å². The van der Waals surface area contributed by atoms with Gasteiger partial charge >= 0.3 is 5.97 Å². The highest BCUT2D eigenvalue weighted by Crippen LogP contribution is 2.10. The van der Waals surface area contributed by atoms with Crippen LogP contribution in [0.1, 0.15) is 31.1 Å². The highest BCUT2D eigenvalue weighted by atomic mass is 16.6. The van der Waals surface area contributed by atoms with Crippen LogP contribution in [0.25, 0.3) is 0 Å². The summed E-state index contributed by atoms with van der Waals surface area (Å²) < 4.78 is 5.16. The van der Waals surface area contributed by atoms with E-state index in [0.717, 1.165) is 0 Å². The molecular weight excluding hydrogens is 192 g/mol. The Hall–Kier alpha value is -1.64. The molecule has 1 aromatic rings. The van der Waals surface area contributed by atoms with Crippen LogP contribution in [0.3, 0.4) is 0 Å². The second-order valence-electron chi connectivity index (χ2n) is 4.22. The van der Waals surface area contributed by atoms with Crippen LogP contribution < -0.4 is 5.43 Å². The van der Waals surface area contributed by atoms with E-state index < -0.39 is 11.6 Å². The maximum absolute atomic E-state index is 11.6. The topological polar surface area (TPSA) is 43.4 Å². The summed E-state index contributed by atoms with van der Waals surface area (Å²) >= 11 is 0. The van der Waals surface area contributed by atoms with Gasteiger partial charge in [0.1, 0.15) is 5.60 Å². The van der Waals surface area contributed by atoms with Gasteiger partial charge in [-0.05, 0) is 45.0 Å². The smallest absolute Gasteiger partial charge is 0.338 e. The first-order valence-corrected chi connectivity index (χ1v) is 4.72. The molecule has 0 unspecified atom stereocenters. The zero-order valence-corrected chi connectivity index (χ0v) is 9.11. The highest BCUT2D eigenvalue weighted by Gasteiger charge is 2.16. The van der Waals surface area contributed by atoms with Crippen molar-refractivity contribution < 1.29 is 9.53 Å². The van der Waals surface area contributed by atoms with Gasteiger partial charge in [-0.15, -0.1) is 0 Å². The molecule has 0 aliphatic heterocycles. The molecule has 0 aromatic heterocycles. The van der Waals surface area contributed by atoms with E-state index in [1.54, 1.807) is 32.9 Å². The van der Waals surface area contributed by atoms with Crippen LogP contribution in [0.5, 0.6) is 0 Å². The molecule has 0 N–H and O–H groups in total. The normalized spacial score (nSPS) is 10.9. The predicted molar refractivity (Wildman–Crippen MR) is 57.9 cm³/mol. The Morgan fingerprint density at radius 3 is 2.40 bits per heavy atom. The summed E-state index contributed by atoms with van der Waals surface area (Å²) in [6.07, 6.45) is 0. The lowest BCUT2D eigenvalue weighted by atomic mass is 10.2. The van der Waals surface area contributed by atoms with E-state index in [0.29, 0.717) is 5.56 Å². The van der Waals surface area contributed by atoms with E-state index in [-0.39, 0.29) is 5.43 Å². The van der Waals surface area contributed by atoms with E-state index in [2.05, 4.69) is 0 Å². The Morgan fingerprint density at radius 1 is 1.13 bits per heavy atom. The Labute approximate surface area is 88.7 Å². The first-order valence-electron chi connectivity index (χ1n) is 4.72. The first kappa shape index (κ1) is 11.4. The molecule has 0 heterocycles. The third-order valence-corrected chi connectivity index (χ3v) is 1.60. The minimum Gasteiger partial charge on any atom is -0.456 e. The molecule has 0 saturated heterocycles. The molecule has 0 radical (unpaired) electrons. The Balaban J connectivity index is 2.94. The van der Waals surface area contributed by atoms with Gasteiger partial charge in [0.05, 0.1) is 5.56 Å². The van der Waals surface area contributed by atoms with Gasteiger partial charge < -0.3 is 4.74 Å². The molecule has 1 rings (SSSR count). The maximum Gasteiger partial charge on any atom is 0.338 e. The van der Waals surface area contributed by atoms with Crippen molar-refractivity contribution in [3.63, 3.8) is 0 Å². The van der Waals surface area contributed by atoms with Crippen LogP contribution in [-0.4, -0.2) is 11.6 Å². The zero-order chi connectivity index (χ0) is 11.5. The van der Waals surface area contributed by atoms with Gasteiger partial charge in [0.2, 0.25) is 0 Å². The molecule has 0 fully saturated rings. The Bertz CT molecular complexity index is 416. The minimum atomic E-state index is -0.522. The molecule has 0 spiro atoms. The van der Waals surface area contributed by atoms with Crippen molar-refractivity contribution in [3.8, 4) is 0 Å². The Kier molecular flexibility index (Phi) is 3.24. The third kappa shape index (κ3) is 3.94. The van der Waals surface area contributed by atoms with Crippen LogP contribution in [0.4, 0.5) is 0 Å². The van der Waals surface area contributed by atoms with Gasteiger partial charge in [0.25, 0.3) is 0 Å². The van der Waals surface area contributed by atoms with Gasteiger partial charge in [0.15, 0.2) is 5.43 Å². The third-order valence-electron chi connectivity index (χ3n) is 1.60. The fourth-order valence-electron chi connectivity index (χ4n) is 1.00. The lowest BCUT2D eigenvalue weighted by Crippen LogP contribution is -2.23. The summed E-state index contributed by atoms with van der Waals surface area (Å²) in [5, 5.41) is 0. The summed E-state index contributed by atoms with van der Waals surface area (Å²) in [6.45, 7) is 5.40. The first-order chi connectivity index (χ1) is 6.88. The second-order valence-corrected chi connectivity index (χ2v) is 4.22. The van der Waals surface area contributed by atoms with Crippen LogP contribution in [0.2, 0.25) is 0 Å². The summed E-state index contributed by atoms with van der Waals surface area (Å²) in [5.41, 5.74) is -0.275. The fraction of sp³-hybridized carbons (Fsp3) is 0.333. The van der Waals surface area contributed by atoms with E-state index in [1.807, 2.05) is 0 Å². The van der Waals surface area contributed by atoms with Crippen molar-refractivity contribution >= 4 is 5.97 Å². The number of rotatable bonds is 1. The largest absolute Gasteiger partial charge is 0.456 e. The van der Waals surface area contributed by atoms with Gasteiger partial charge in [-0.2, -0.15) is 0 Å². The van der Waals surface area contributed by atoms with E-state index in [1.165, 1.54) is 18.2 Å². The monoisotopic (exact) mass is 206 g/mol. The Morgan fingerprint density at radius 2 is 1.80 bits per heavy atom. The van der Waals surface area contributed by atoms with Crippen LogP contribution >= 0.6 is 0 Å². The van der Waals surface area contributed by atoms with Crippen molar-refractivity contribution in [3.05, 3.63) is 46.1 Å². The molecule has 0 atom stereocenters. The molecule has 3 nitrogen and oxygen atoms in total. The average Bonchev–Trinajstić information content (AvgIpc) is 2.26. The maximum atomic E-state index is 11.6.